The highest BCUT2D eigenvalue weighted by Gasteiger charge is 2.24. The van der Waals surface area contributed by atoms with Crippen LogP contribution in [0.3, 0.4) is 0 Å². The molecule has 0 aliphatic carbocycles. The minimum atomic E-state index is -2.25. The molecule has 1 heterocycles. The quantitative estimate of drug-likeness (QED) is 0.662. The topological polar surface area (TPSA) is 79.5 Å². The van der Waals surface area contributed by atoms with Gasteiger partial charge < -0.3 is 9.76 Å². The highest BCUT2D eigenvalue weighted by atomic mass is 32.2. The molecule has 0 saturated carbocycles. The van der Waals surface area contributed by atoms with Crippen molar-refractivity contribution in [2.24, 2.45) is 0 Å². The van der Waals surface area contributed by atoms with Gasteiger partial charge in [-0.15, -0.1) is 0 Å². The van der Waals surface area contributed by atoms with Gasteiger partial charge in [0.25, 0.3) is 5.56 Å². The number of nitrogens with zero attached hydrogens (tertiary/aromatic N) is 1. The summed E-state index contributed by atoms with van der Waals surface area (Å²) in [4.78, 5) is 11.6. The molecule has 5 nitrogen and oxygen atoms in total. The van der Waals surface area contributed by atoms with Gasteiger partial charge in [-0.1, -0.05) is 30.3 Å². The van der Waals surface area contributed by atoms with E-state index >= 15 is 0 Å². The van der Waals surface area contributed by atoms with E-state index in [-0.39, 0.29) is 5.69 Å². The number of hydrogen-bond donors (Lipinski definition) is 2. The van der Waals surface area contributed by atoms with Crippen molar-refractivity contribution in [3.63, 3.8) is 0 Å². The van der Waals surface area contributed by atoms with Crippen LogP contribution < -0.4 is 5.56 Å². The van der Waals surface area contributed by atoms with Crippen LogP contribution >= 0.6 is 0 Å². The van der Waals surface area contributed by atoms with Gasteiger partial charge in [-0.3, -0.25) is 4.79 Å². The highest BCUT2D eigenvalue weighted by molar-refractivity contribution is 7.79. The molecule has 0 aliphatic heterocycles. The van der Waals surface area contributed by atoms with Crippen LogP contribution in [0.5, 0.6) is 0 Å². The van der Waals surface area contributed by atoms with Gasteiger partial charge in [0.05, 0.1) is 5.69 Å². The lowest BCUT2D eigenvalue weighted by molar-refractivity contribution is 0.165. The van der Waals surface area contributed by atoms with Gasteiger partial charge in [-0.25, -0.2) is 4.21 Å². The molecule has 2 unspecified atom stereocenters. The Morgan fingerprint density at radius 2 is 1.84 bits per heavy atom. The van der Waals surface area contributed by atoms with E-state index in [1.54, 1.807) is 37.3 Å². The molecule has 0 radical (unpaired) electrons. The van der Waals surface area contributed by atoms with Gasteiger partial charge >= 0.3 is 0 Å². The second-order valence-corrected chi connectivity index (χ2v) is 5.20. The zero-order valence-electron chi connectivity index (χ0n) is 10.2. The van der Waals surface area contributed by atoms with Gasteiger partial charge in [0.15, 0.2) is 11.1 Å². The lowest BCUT2D eigenvalue weighted by Crippen LogP contribution is -2.24. The maximum atomic E-state index is 11.6. The van der Waals surface area contributed by atoms with Gasteiger partial charge in [-0.2, -0.15) is 4.73 Å². The minimum Gasteiger partial charge on any atom is -0.425 e. The molecule has 2 rings (SSSR count). The Morgan fingerprint density at radius 1 is 1.21 bits per heavy atom. The molecule has 0 amide bonds. The molecule has 0 fully saturated rings. The maximum absolute atomic E-state index is 11.6. The average Bonchev–Trinajstić information content (AvgIpc) is 2.36. The third kappa shape index (κ3) is 2.74. The van der Waals surface area contributed by atoms with Gasteiger partial charge in [0.2, 0.25) is 0 Å². The summed E-state index contributed by atoms with van der Waals surface area (Å²) in [7, 11) is 0. The first-order chi connectivity index (χ1) is 9.00. The second-order valence-electron chi connectivity index (χ2n) is 4.17. The molecule has 0 saturated heterocycles. The van der Waals surface area contributed by atoms with E-state index in [9.17, 15) is 18.8 Å². The smallest absolute Gasteiger partial charge is 0.283 e. The molecule has 0 spiro atoms. The third-order valence-corrected chi connectivity index (χ3v) is 3.67. The predicted octanol–water partition coefficient (Wildman–Crippen LogP) is 1.71. The lowest BCUT2D eigenvalue weighted by atomic mass is 10.1. The summed E-state index contributed by atoms with van der Waals surface area (Å²) in [5.41, 5.74) is 0.645. The molecule has 1 aromatic carbocycles. The largest absolute Gasteiger partial charge is 0.425 e. The third-order valence-electron chi connectivity index (χ3n) is 2.75. The molecule has 2 atom stereocenters. The van der Waals surface area contributed by atoms with Crippen LogP contribution in [0.2, 0.25) is 0 Å². The van der Waals surface area contributed by atoms with Crippen molar-refractivity contribution in [3.05, 3.63) is 69.6 Å². The first-order valence-electron chi connectivity index (χ1n) is 5.58. The number of benzene rings is 1. The lowest BCUT2D eigenvalue weighted by Gasteiger charge is -2.16. The van der Waals surface area contributed by atoms with Crippen molar-refractivity contribution in [1.82, 2.24) is 4.73 Å². The molecule has 100 valence electrons. The van der Waals surface area contributed by atoms with Gasteiger partial charge in [0.1, 0.15) is 5.25 Å². The SMILES string of the molecule is Cc1cc(C(c2ccccc2)S(=O)O)n(O)c(=O)c1. The number of rotatable bonds is 3. The Labute approximate surface area is 112 Å². The number of hydrogen-bond acceptors (Lipinski definition) is 3. The standard InChI is InChI=1S/C13H13NO4S/c1-9-7-11(14(16)12(15)8-9)13(19(17)18)10-5-3-2-4-6-10/h2-8,13,16H,1H3,(H,17,18). The molecule has 6 heteroatoms. The Balaban J connectivity index is 2.65. The summed E-state index contributed by atoms with van der Waals surface area (Å²) in [6.07, 6.45) is 0. The molecule has 0 bridgehead atoms. The summed E-state index contributed by atoms with van der Waals surface area (Å²) in [6.45, 7) is 1.69. The Morgan fingerprint density at radius 3 is 2.42 bits per heavy atom. The van der Waals surface area contributed by atoms with Crippen LogP contribution in [0.15, 0.2) is 47.3 Å². The van der Waals surface area contributed by atoms with Gasteiger partial charge in [0, 0.05) is 6.07 Å². The first-order valence-corrected chi connectivity index (χ1v) is 6.75. The van der Waals surface area contributed by atoms with Crippen LogP contribution in [-0.4, -0.2) is 18.7 Å². The van der Waals surface area contributed by atoms with Crippen molar-refractivity contribution in [3.8, 4) is 0 Å². The van der Waals surface area contributed by atoms with Crippen molar-refractivity contribution in [2.45, 2.75) is 12.2 Å². The highest BCUT2D eigenvalue weighted by Crippen LogP contribution is 2.26. The zero-order chi connectivity index (χ0) is 14.0. The summed E-state index contributed by atoms with van der Waals surface area (Å²) in [5.74, 6) is 0. The van der Waals surface area contributed by atoms with E-state index in [2.05, 4.69) is 0 Å². The van der Waals surface area contributed by atoms with Crippen molar-refractivity contribution in [2.75, 3.05) is 0 Å². The summed E-state index contributed by atoms with van der Waals surface area (Å²) in [6, 6.07) is 11.4. The van der Waals surface area contributed by atoms with Crippen LogP contribution in [0.4, 0.5) is 0 Å². The molecule has 2 aromatic rings. The van der Waals surface area contributed by atoms with E-state index < -0.39 is 21.9 Å². The molecule has 1 aromatic heterocycles. The normalized spacial score (nSPS) is 14.0. The van der Waals surface area contributed by atoms with E-state index in [0.717, 1.165) is 0 Å². The Bertz CT molecular complexity index is 666. The molecule has 0 aliphatic rings. The molecular formula is C13H13NO4S. The summed E-state index contributed by atoms with van der Waals surface area (Å²) >= 11 is -2.25. The van der Waals surface area contributed by atoms with Crippen molar-refractivity contribution in [1.29, 1.82) is 0 Å². The predicted molar refractivity (Wildman–Crippen MR) is 71.7 cm³/mol. The average molecular weight is 279 g/mol. The van der Waals surface area contributed by atoms with E-state index in [1.807, 2.05) is 0 Å². The fraction of sp³-hybridized carbons (Fsp3) is 0.154. The summed E-state index contributed by atoms with van der Waals surface area (Å²) in [5, 5.41) is 8.79. The minimum absolute atomic E-state index is 0.0945. The fourth-order valence-electron chi connectivity index (χ4n) is 1.92. The summed E-state index contributed by atoms with van der Waals surface area (Å²) < 4.78 is 21.4. The van der Waals surface area contributed by atoms with Crippen LogP contribution in [0, 0.1) is 6.92 Å². The maximum Gasteiger partial charge on any atom is 0.283 e. The fourth-order valence-corrected chi connectivity index (χ4v) is 2.69. The molecule has 19 heavy (non-hydrogen) atoms. The van der Waals surface area contributed by atoms with Crippen molar-refractivity contribution >= 4 is 11.1 Å². The van der Waals surface area contributed by atoms with Crippen LogP contribution in [0.25, 0.3) is 0 Å². The van der Waals surface area contributed by atoms with Crippen LogP contribution in [0.1, 0.15) is 22.1 Å². The zero-order valence-corrected chi connectivity index (χ0v) is 11.0. The molecule has 2 N–H and O–H groups in total. The van der Waals surface area contributed by atoms with E-state index in [4.69, 9.17) is 0 Å². The Kier molecular flexibility index (Phi) is 3.82. The number of aromatic nitrogens is 1. The van der Waals surface area contributed by atoms with Gasteiger partial charge in [-0.05, 0) is 24.1 Å². The Hall–Kier alpha value is -1.92. The second kappa shape index (κ2) is 5.38. The van der Waals surface area contributed by atoms with E-state index in [1.165, 1.54) is 12.1 Å². The first kappa shape index (κ1) is 13.5. The monoisotopic (exact) mass is 279 g/mol. The number of aryl methyl sites for hydroxylation is 1. The van der Waals surface area contributed by atoms with E-state index in [0.29, 0.717) is 15.9 Å². The number of pyridine rings is 1. The van der Waals surface area contributed by atoms with Crippen molar-refractivity contribution < 1.29 is 14.0 Å². The van der Waals surface area contributed by atoms with Crippen LogP contribution in [-0.2, 0) is 11.1 Å². The molecular weight excluding hydrogens is 266 g/mol.